The number of benzene rings is 1. The maximum atomic E-state index is 4.16. The van der Waals surface area contributed by atoms with E-state index in [0.29, 0.717) is 0 Å². The van der Waals surface area contributed by atoms with E-state index < -0.39 is 0 Å². The highest BCUT2D eigenvalue weighted by Gasteiger charge is 1.91. The van der Waals surface area contributed by atoms with Crippen molar-refractivity contribution in [3.8, 4) is 0 Å². The van der Waals surface area contributed by atoms with E-state index in [1.165, 1.54) is 0 Å². The van der Waals surface area contributed by atoms with Gasteiger partial charge in [-0.05, 0) is 24.3 Å². The second kappa shape index (κ2) is 7.93. The third-order valence-corrected chi connectivity index (χ3v) is 1.71. The largest absolute Gasteiger partial charge is 0.340 e. The SMILES string of the molecule is [CH3][Al][CH3].c1ccc(Nc2ccccn2)cc1. The van der Waals surface area contributed by atoms with E-state index in [-0.39, 0.29) is 0 Å². The summed E-state index contributed by atoms with van der Waals surface area (Å²) in [6, 6.07) is 15.8. The number of hydrogen-bond donors (Lipinski definition) is 1. The van der Waals surface area contributed by atoms with Crippen LogP contribution in [0.3, 0.4) is 0 Å². The first-order chi connectivity index (χ1) is 7.86. The molecule has 0 fully saturated rings. The quantitative estimate of drug-likeness (QED) is 0.793. The Bertz CT molecular complexity index is 338. The predicted molar refractivity (Wildman–Crippen MR) is 71.4 cm³/mol. The summed E-state index contributed by atoms with van der Waals surface area (Å²) in [7, 11) is 0. The molecule has 2 nitrogen and oxygen atoms in total. The first-order valence-electron chi connectivity index (χ1n) is 5.34. The first-order valence-corrected chi connectivity index (χ1v) is 7.65. The number of para-hydroxylation sites is 1. The Morgan fingerprint density at radius 3 is 2.12 bits per heavy atom. The highest BCUT2D eigenvalue weighted by atomic mass is 27.1. The van der Waals surface area contributed by atoms with Gasteiger partial charge in [0, 0.05) is 11.9 Å². The summed E-state index contributed by atoms with van der Waals surface area (Å²) in [6.07, 6.45) is 1.77. The van der Waals surface area contributed by atoms with Gasteiger partial charge >= 0.3 is 0 Å². The van der Waals surface area contributed by atoms with Crippen molar-refractivity contribution in [3.63, 3.8) is 0 Å². The molecule has 1 radical (unpaired) electrons. The summed E-state index contributed by atoms with van der Waals surface area (Å²) in [5, 5.41) is 3.19. The molecule has 1 aromatic carbocycles. The highest BCUT2D eigenvalue weighted by molar-refractivity contribution is 6.31. The van der Waals surface area contributed by atoms with Crippen LogP contribution in [0, 0.1) is 0 Å². The van der Waals surface area contributed by atoms with E-state index in [1.807, 2.05) is 48.5 Å². The topological polar surface area (TPSA) is 24.9 Å². The molecule has 0 spiro atoms. The van der Waals surface area contributed by atoms with Crippen molar-refractivity contribution < 1.29 is 0 Å². The summed E-state index contributed by atoms with van der Waals surface area (Å²) in [4.78, 5) is 4.16. The smallest absolute Gasteiger partial charge is 0.191 e. The van der Waals surface area contributed by atoms with Crippen LogP contribution >= 0.6 is 0 Å². The molecule has 0 aliphatic heterocycles. The summed E-state index contributed by atoms with van der Waals surface area (Å²) < 4.78 is 0. The molecule has 0 bridgehead atoms. The molecule has 16 heavy (non-hydrogen) atoms. The van der Waals surface area contributed by atoms with Crippen molar-refractivity contribution in [2.45, 2.75) is 11.6 Å². The molecule has 1 heterocycles. The number of rotatable bonds is 2. The van der Waals surface area contributed by atoms with Gasteiger partial charge in [-0.1, -0.05) is 24.3 Å². The minimum absolute atomic E-state index is 0.750. The third-order valence-electron chi connectivity index (χ3n) is 1.71. The van der Waals surface area contributed by atoms with E-state index >= 15 is 0 Å². The number of hydrogen-bond acceptors (Lipinski definition) is 2. The Hall–Kier alpha value is -1.30. The molecule has 1 aromatic heterocycles. The monoisotopic (exact) mass is 227 g/mol. The van der Waals surface area contributed by atoms with Gasteiger partial charge in [-0.2, -0.15) is 0 Å². The zero-order chi connectivity index (χ0) is 11.6. The average Bonchev–Trinajstić information content (AvgIpc) is 2.33. The van der Waals surface area contributed by atoms with Crippen LogP contribution in [-0.2, 0) is 0 Å². The lowest BCUT2D eigenvalue weighted by molar-refractivity contribution is 1.31. The van der Waals surface area contributed by atoms with E-state index in [0.717, 1.165) is 26.7 Å². The van der Waals surface area contributed by atoms with E-state index in [9.17, 15) is 0 Å². The molecule has 0 saturated heterocycles. The molecule has 2 aromatic rings. The first kappa shape index (κ1) is 12.8. The molecule has 81 valence electrons. The molecule has 0 aliphatic carbocycles. The Balaban J connectivity index is 0.000000386. The van der Waals surface area contributed by atoms with Gasteiger partial charge in [0.25, 0.3) is 0 Å². The van der Waals surface area contributed by atoms with Crippen LogP contribution in [0.4, 0.5) is 11.5 Å². The maximum Gasteiger partial charge on any atom is 0.191 e. The molecule has 1 N–H and O–H groups in total. The minimum Gasteiger partial charge on any atom is -0.340 e. The fraction of sp³-hybridized carbons (Fsp3) is 0.154. The van der Waals surface area contributed by atoms with Crippen LogP contribution in [-0.4, -0.2) is 20.2 Å². The van der Waals surface area contributed by atoms with Gasteiger partial charge in [-0.15, -0.1) is 11.6 Å². The number of nitrogens with one attached hydrogen (secondary N) is 1. The lowest BCUT2D eigenvalue weighted by Gasteiger charge is -2.03. The molecule has 0 atom stereocenters. The van der Waals surface area contributed by atoms with Gasteiger partial charge in [0.15, 0.2) is 15.2 Å². The van der Waals surface area contributed by atoms with Gasteiger partial charge < -0.3 is 5.32 Å². The van der Waals surface area contributed by atoms with Crippen LogP contribution < -0.4 is 5.32 Å². The second-order valence-corrected chi connectivity index (χ2v) is 4.44. The molecule has 0 saturated carbocycles. The fourth-order valence-electron chi connectivity index (χ4n) is 1.11. The molecule has 0 aliphatic rings. The zero-order valence-electron chi connectivity index (χ0n) is 9.72. The summed E-state index contributed by atoms with van der Waals surface area (Å²) in [5.41, 5.74) is 1.06. The summed E-state index contributed by atoms with van der Waals surface area (Å²) >= 11 is 0.750. The number of nitrogens with zero attached hydrogens (tertiary/aromatic N) is 1. The van der Waals surface area contributed by atoms with Gasteiger partial charge in [0.2, 0.25) is 0 Å². The van der Waals surface area contributed by atoms with Crippen LogP contribution in [0.1, 0.15) is 0 Å². The average molecular weight is 227 g/mol. The Kier molecular flexibility index (Phi) is 6.33. The summed E-state index contributed by atoms with van der Waals surface area (Å²) in [6.45, 7) is 0. The van der Waals surface area contributed by atoms with Gasteiger partial charge in [-0.3, -0.25) is 0 Å². The van der Waals surface area contributed by atoms with Gasteiger partial charge in [0.1, 0.15) is 5.82 Å². The minimum atomic E-state index is 0.750. The lowest BCUT2D eigenvalue weighted by Crippen LogP contribution is -1.91. The Labute approximate surface area is 103 Å². The molecule has 0 amide bonds. The fourth-order valence-corrected chi connectivity index (χ4v) is 1.11. The van der Waals surface area contributed by atoms with Gasteiger partial charge in [0.05, 0.1) is 0 Å². The van der Waals surface area contributed by atoms with E-state index in [4.69, 9.17) is 0 Å². The van der Waals surface area contributed by atoms with Crippen LogP contribution in [0.2, 0.25) is 11.6 Å². The lowest BCUT2D eigenvalue weighted by atomic mass is 10.3. The van der Waals surface area contributed by atoms with Crippen molar-refractivity contribution >= 4 is 26.7 Å². The number of aromatic nitrogens is 1. The molecular formula is C13H16AlN2. The second-order valence-electron chi connectivity index (χ2n) is 3.28. The Morgan fingerprint density at radius 2 is 1.56 bits per heavy atom. The maximum absolute atomic E-state index is 4.16. The predicted octanol–water partition coefficient (Wildman–Crippen LogP) is 3.61. The van der Waals surface area contributed by atoms with Crippen LogP contribution in [0.5, 0.6) is 0 Å². The van der Waals surface area contributed by atoms with Crippen LogP contribution in [0.25, 0.3) is 0 Å². The highest BCUT2D eigenvalue weighted by Crippen LogP contribution is 2.11. The molecular weight excluding hydrogens is 211 g/mol. The number of pyridine rings is 1. The van der Waals surface area contributed by atoms with E-state index in [2.05, 4.69) is 21.9 Å². The van der Waals surface area contributed by atoms with Crippen molar-refractivity contribution in [1.82, 2.24) is 4.98 Å². The third kappa shape index (κ3) is 4.97. The normalized spacial score (nSPS) is 8.62. The van der Waals surface area contributed by atoms with Crippen molar-refractivity contribution in [3.05, 3.63) is 54.7 Å². The van der Waals surface area contributed by atoms with Crippen molar-refractivity contribution in [1.29, 1.82) is 0 Å². The Morgan fingerprint density at radius 1 is 0.938 bits per heavy atom. The van der Waals surface area contributed by atoms with Crippen LogP contribution in [0.15, 0.2) is 54.7 Å². The number of anilines is 2. The zero-order valence-corrected chi connectivity index (χ0v) is 10.9. The van der Waals surface area contributed by atoms with Crippen molar-refractivity contribution in [2.24, 2.45) is 0 Å². The standard InChI is InChI=1S/C11H10N2.2CH3.Al/c1-2-6-10(7-3-1)13-11-8-4-5-9-12-11;;;/h1-9H,(H,12,13);2*1H3;. The van der Waals surface area contributed by atoms with Gasteiger partial charge in [-0.25, -0.2) is 4.98 Å². The summed E-state index contributed by atoms with van der Waals surface area (Å²) in [5.74, 6) is 5.29. The van der Waals surface area contributed by atoms with Crippen molar-refractivity contribution in [2.75, 3.05) is 5.32 Å². The molecule has 3 heteroatoms. The molecule has 0 unspecified atom stereocenters. The van der Waals surface area contributed by atoms with E-state index in [1.54, 1.807) is 6.20 Å². The molecule has 2 rings (SSSR count).